The van der Waals surface area contributed by atoms with Gasteiger partial charge in [-0.2, -0.15) is 21.8 Å². The van der Waals surface area contributed by atoms with Gasteiger partial charge in [0.05, 0.1) is 41.0 Å². The van der Waals surface area contributed by atoms with Gasteiger partial charge in [0, 0.05) is 36.5 Å². The molecule has 0 amide bonds. The lowest BCUT2D eigenvalue weighted by Gasteiger charge is -2.31. The van der Waals surface area contributed by atoms with Crippen LogP contribution < -0.4 is 15.8 Å². The lowest BCUT2D eigenvalue weighted by atomic mass is 10.1. The van der Waals surface area contributed by atoms with Crippen molar-refractivity contribution in [1.82, 2.24) is 9.97 Å². The second-order valence-electron chi connectivity index (χ2n) is 7.53. The van der Waals surface area contributed by atoms with Crippen molar-refractivity contribution in [2.24, 2.45) is 5.10 Å². The Hall–Kier alpha value is -3.51. The highest BCUT2D eigenvalue weighted by molar-refractivity contribution is 7.98. The van der Waals surface area contributed by atoms with E-state index >= 15 is 0 Å². The van der Waals surface area contributed by atoms with Crippen molar-refractivity contribution in [1.29, 1.82) is 0 Å². The molecule has 1 N–H and O–H groups in total. The van der Waals surface area contributed by atoms with Crippen molar-refractivity contribution in [3.05, 3.63) is 61.6 Å². The number of non-ortho nitro benzene ring substituents is 1. The first-order chi connectivity index (χ1) is 16.1. The minimum atomic E-state index is -0.556. The number of thioether (sulfide) groups is 1. The maximum Gasteiger partial charge on any atom is 0.270 e. The molecular formula is C21H20N6O5S. The van der Waals surface area contributed by atoms with Crippen LogP contribution in [0.4, 0.5) is 17.5 Å². The summed E-state index contributed by atoms with van der Waals surface area (Å²) in [4.78, 5) is 34.7. The SMILES string of the molecule is O=c1c(/C=N/Nc2nc3c(c(N4CCOCC4)n2)CSCC3)coc2ccc([N+](=O)[O-])cc12. The lowest BCUT2D eigenvalue weighted by molar-refractivity contribution is -0.384. The standard InChI is InChI=1S/C21H20N6O5S/c28-19-13(11-32-18-2-1-14(27(29)30)9-15(18)19)10-22-25-21-23-17-3-8-33-12-16(17)20(24-21)26-4-6-31-7-5-26/h1-2,9-11H,3-8,12H2,(H,23,24,25)/b22-10+. The molecule has 3 aromatic rings. The van der Waals surface area contributed by atoms with E-state index in [2.05, 4.69) is 25.4 Å². The number of aromatic nitrogens is 2. The van der Waals surface area contributed by atoms with Gasteiger partial charge in [-0.3, -0.25) is 14.9 Å². The fourth-order valence-electron chi connectivity index (χ4n) is 3.80. The van der Waals surface area contributed by atoms with Gasteiger partial charge in [0.15, 0.2) is 0 Å². The first kappa shape index (κ1) is 21.3. The van der Waals surface area contributed by atoms with Crippen LogP contribution in [0.25, 0.3) is 11.0 Å². The van der Waals surface area contributed by atoms with Crippen molar-refractivity contribution in [2.75, 3.05) is 42.4 Å². The fourth-order valence-corrected chi connectivity index (χ4v) is 4.78. The number of aryl methyl sites for hydroxylation is 1. The van der Waals surface area contributed by atoms with Gasteiger partial charge in [-0.25, -0.2) is 10.4 Å². The third kappa shape index (κ3) is 4.39. The molecule has 0 spiro atoms. The van der Waals surface area contributed by atoms with Crippen LogP contribution in [0.5, 0.6) is 0 Å². The number of hydrogen-bond donors (Lipinski definition) is 1. The van der Waals surface area contributed by atoms with E-state index in [1.807, 2.05) is 11.8 Å². The first-order valence-electron chi connectivity index (χ1n) is 10.4. The predicted octanol–water partition coefficient (Wildman–Crippen LogP) is 2.56. The van der Waals surface area contributed by atoms with Crippen molar-refractivity contribution in [3.63, 3.8) is 0 Å². The molecule has 1 aromatic carbocycles. The number of rotatable bonds is 5. The summed E-state index contributed by atoms with van der Waals surface area (Å²) < 4.78 is 10.9. The molecule has 11 nitrogen and oxygen atoms in total. The van der Waals surface area contributed by atoms with Crippen LogP contribution in [0.15, 0.2) is 38.8 Å². The summed E-state index contributed by atoms with van der Waals surface area (Å²) in [6.45, 7) is 2.84. The van der Waals surface area contributed by atoms with E-state index in [9.17, 15) is 14.9 Å². The monoisotopic (exact) mass is 468 g/mol. The van der Waals surface area contributed by atoms with Crippen LogP contribution in [0.3, 0.4) is 0 Å². The van der Waals surface area contributed by atoms with Crippen LogP contribution in [-0.2, 0) is 16.9 Å². The Bertz CT molecular complexity index is 1300. The van der Waals surface area contributed by atoms with E-state index in [0.29, 0.717) is 19.2 Å². The van der Waals surface area contributed by atoms with Gasteiger partial charge in [0.2, 0.25) is 11.4 Å². The molecular weight excluding hydrogens is 448 g/mol. The summed E-state index contributed by atoms with van der Waals surface area (Å²) in [6, 6.07) is 3.89. The molecule has 2 aliphatic heterocycles. The topological polar surface area (TPSA) is 136 Å². The average molecular weight is 468 g/mol. The van der Waals surface area contributed by atoms with Crippen LogP contribution in [0, 0.1) is 10.1 Å². The summed E-state index contributed by atoms with van der Waals surface area (Å²) >= 11 is 1.87. The third-order valence-corrected chi connectivity index (χ3v) is 6.46. The molecule has 2 aromatic heterocycles. The maximum atomic E-state index is 12.7. The Morgan fingerprint density at radius 1 is 1.27 bits per heavy atom. The Morgan fingerprint density at radius 2 is 2.12 bits per heavy atom. The van der Waals surface area contributed by atoms with Gasteiger partial charge < -0.3 is 14.1 Å². The number of nitro groups is 1. The highest BCUT2D eigenvalue weighted by Crippen LogP contribution is 2.31. The van der Waals surface area contributed by atoms with Crippen LogP contribution in [-0.4, -0.2) is 53.2 Å². The predicted molar refractivity (Wildman–Crippen MR) is 125 cm³/mol. The van der Waals surface area contributed by atoms with Crippen molar-refractivity contribution >= 4 is 46.4 Å². The number of ether oxygens (including phenoxy) is 1. The Kier molecular flexibility index (Phi) is 5.92. The number of anilines is 2. The smallest absolute Gasteiger partial charge is 0.270 e. The summed E-state index contributed by atoms with van der Waals surface area (Å²) in [7, 11) is 0. The Morgan fingerprint density at radius 3 is 2.94 bits per heavy atom. The molecule has 1 saturated heterocycles. The maximum absolute atomic E-state index is 12.7. The number of nitrogens with zero attached hydrogens (tertiary/aromatic N) is 5. The third-order valence-electron chi connectivity index (χ3n) is 5.47. The molecule has 5 rings (SSSR count). The lowest BCUT2D eigenvalue weighted by Crippen LogP contribution is -2.38. The molecule has 170 valence electrons. The molecule has 0 atom stereocenters. The van der Waals surface area contributed by atoms with E-state index in [1.165, 1.54) is 30.7 Å². The molecule has 0 radical (unpaired) electrons. The summed E-state index contributed by atoms with van der Waals surface area (Å²) in [5.74, 6) is 3.11. The number of hydrogen-bond acceptors (Lipinski definition) is 11. The second kappa shape index (κ2) is 9.16. The van der Waals surface area contributed by atoms with Crippen molar-refractivity contribution < 1.29 is 14.1 Å². The van der Waals surface area contributed by atoms with Gasteiger partial charge >= 0.3 is 0 Å². The van der Waals surface area contributed by atoms with Crippen molar-refractivity contribution in [3.8, 4) is 0 Å². The Labute approximate surface area is 192 Å². The zero-order chi connectivity index (χ0) is 22.8. The fraction of sp³-hybridized carbons (Fsp3) is 0.333. The molecule has 0 bridgehead atoms. The minimum Gasteiger partial charge on any atom is -0.463 e. The Balaban J connectivity index is 1.42. The molecule has 12 heteroatoms. The molecule has 0 aliphatic carbocycles. The minimum absolute atomic E-state index is 0.116. The van der Waals surface area contributed by atoms with E-state index in [1.54, 1.807) is 0 Å². The molecule has 33 heavy (non-hydrogen) atoms. The summed E-state index contributed by atoms with van der Waals surface area (Å²) in [6.07, 6.45) is 3.42. The van der Waals surface area contributed by atoms with Crippen LogP contribution in [0.1, 0.15) is 16.8 Å². The zero-order valence-corrected chi connectivity index (χ0v) is 18.3. The normalized spacial score (nSPS) is 16.2. The van der Waals surface area contributed by atoms with E-state index < -0.39 is 10.4 Å². The molecule has 0 unspecified atom stereocenters. The molecule has 0 saturated carbocycles. The number of morpholine rings is 1. The highest BCUT2D eigenvalue weighted by atomic mass is 32.2. The summed E-state index contributed by atoms with van der Waals surface area (Å²) in [5, 5.41) is 15.3. The quantitative estimate of drug-likeness (QED) is 0.338. The van der Waals surface area contributed by atoms with Gasteiger partial charge in [0.1, 0.15) is 17.7 Å². The number of fused-ring (bicyclic) bond motifs is 2. The molecule has 2 aliphatic rings. The van der Waals surface area contributed by atoms with Gasteiger partial charge in [0.25, 0.3) is 5.69 Å². The summed E-state index contributed by atoms with van der Waals surface area (Å²) in [5.41, 5.74) is 4.79. The number of nitro benzene ring substituents is 1. The van der Waals surface area contributed by atoms with Crippen LogP contribution >= 0.6 is 11.8 Å². The van der Waals surface area contributed by atoms with Gasteiger partial charge in [-0.1, -0.05) is 0 Å². The van der Waals surface area contributed by atoms with E-state index in [-0.39, 0.29) is 22.2 Å². The molecule has 1 fully saturated rings. The van der Waals surface area contributed by atoms with Crippen LogP contribution in [0.2, 0.25) is 0 Å². The van der Waals surface area contributed by atoms with Crippen molar-refractivity contribution in [2.45, 2.75) is 12.2 Å². The first-order valence-corrected chi connectivity index (χ1v) is 11.5. The molecule has 4 heterocycles. The zero-order valence-electron chi connectivity index (χ0n) is 17.5. The van der Waals surface area contributed by atoms with E-state index in [0.717, 1.165) is 48.1 Å². The van der Waals surface area contributed by atoms with Gasteiger partial charge in [-0.15, -0.1) is 0 Å². The van der Waals surface area contributed by atoms with E-state index in [4.69, 9.17) is 9.15 Å². The second-order valence-corrected chi connectivity index (χ2v) is 8.63. The number of hydrazone groups is 1. The number of nitrogens with one attached hydrogen (secondary N) is 1. The van der Waals surface area contributed by atoms with Gasteiger partial charge in [-0.05, 0) is 18.2 Å². The largest absolute Gasteiger partial charge is 0.463 e. The highest BCUT2D eigenvalue weighted by Gasteiger charge is 2.23. The average Bonchev–Trinajstić information content (AvgIpc) is 2.85. The number of benzene rings is 1.